The largest absolute Gasteiger partial charge is 0.366 e. The Morgan fingerprint density at radius 2 is 1.54 bits per heavy atom. The van der Waals surface area contributed by atoms with Crippen LogP contribution in [0.1, 0.15) is 46.4 Å². The molecule has 9 heteroatoms. The molecule has 2 heterocycles. The van der Waals surface area contributed by atoms with Gasteiger partial charge in [0.1, 0.15) is 5.82 Å². The molecular weight excluding hydrogens is 473 g/mol. The fourth-order valence-corrected chi connectivity index (χ4v) is 5.15. The van der Waals surface area contributed by atoms with Crippen LogP contribution in [0.4, 0.5) is 15.8 Å². The van der Waals surface area contributed by atoms with Crippen molar-refractivity contribution in [2.24, 2.45) is 5.92 Å². The maximum Gasteiger partial charge on any atom is 0.255 e. The summed E-state index contributed by atoms with van der Waals surface area (Å²) >= 11 is 0. The summed E-state index contributed by atoms with van der Waals surface area (Å²) in [6.07, 6.45) is 4.00. The van der Waals surface area contributed by atoms with Gasteiger partial charge >= 0.3 is 0 Å². The van der Waals surface area contributed by atoms with Crippen LogP contribution in [-0.4, -0.2) is 79.9 Å². The quantitative estimate of drug-likeness (QED) is 0.650. The second-order valence-electron chi connectivity index (χ2n) is 10.0. The molecule has 1 saturated carbocycles. The molecule has 5 rings (SSSR count). The van der Waals surface area contributed by atoms with E-state index in [0.29, 0.717) is 56.1 Å². The van der Waals surface area contributed by atoms with Gasteiger partial charge in [-0.15, -0.1) is 0 Å². The van der Waals surface area contributed by atoms with E-state index in [2.05, 4.69) is 15.5 Å². The van der Waals surface area contributed by atoms with E-state index < -0.39 is 5.82 Å². The van der Waals surface area contributed by atoms with Crippen molar-refractivity contribution in [2.45, 2.75) is 25.7 Å². The van der Waals surface area contributed by atoms with Crippen LogP contribution >= 0.6 is 0 Å². The van der Waals surface area contributed by atoms with Crippen LogP contribution < -0.4 is 15.5 Å². The predicted molar refractivity (Wildman–Crippen MR) is 140 cm³/mol. The van der Waals surface area contributed by atoms with Crippen LogP contribution in [0.15, 0.2) is 42.5 Å². The Kier molecular flexibility index (Phi) is 7.69. The lowest BCUT2D eigenvalue weighted by Gasteiger charge is -2.39. The first kappa shape index (κ1) is 25.2. The Bertz CT molecular complexity index is 1140. The third kappa shape index (κ3) is 5.77. The molecule has 2 aromatic rings. The van der Waals surface area contributed by atoms with Crippen LogP contribution in [-0.2, 0) is 4.79 Å². The molecule has 0 unspecified atom stereocenters. The Hall–Kier alpha value is -3.46. The van der Waals surface area contributed by atoms with Crippen molar-refractivity contribution in [2.75, 3.05) is 62.6 Å². The molecule has 2 aromatic carbocycles. The molecule has 37 heavy (non-hydrogen) atoms. The molecule has 8 nitrogen and oxygen atoms in total. The number of carbonyl (C=O) groups is 3. The maximum atomic E-state index is 13.4. The summed E-state index contributed by atoms with van der Waals surface area (Å²) < 4.78 is 13.4. The molecule has 2 aliphatic heterocycles. The number of anilines is 2. The van der Waals surface area contributed by atoms with Crippen molar-refractivity contribution in [1.82, 2.24) is 15.1 Å². The van der Waals surface area contributed by atoms with Crippen LogP contribution in [0, 0.1) is 11.7 Å². The SMILES string of the molecule is O=C(Nc1cc(C(=O)N2CCCNCC2)ccc1N1CCN(C(=O)C2CCC2)CC1)c1ccc(F)cc1. The molecule has 2 saturated heterocycles. The van der Waals surface area contributed by atoms with Gasteiger partial charge in [0.2, 0.25) is 5.91 Å². The summed E-state index contributed by atoms with van der Waals surface area (Å²) in [4.78, 5) is 44.9. The Labute approximate surface area is 216 Å². The zero-order valence-corrected chi connectivity index (χ0v) is 21.0. The minimum absolute atomic E-state index is 0.0663. The van der Waals surface area contributed by atoms with Crippen LogP contribution in [0.3, 0.4) is 0 Å². The molecule has 0 spiro atoms. The van der Waals surface area contributed by atoms with Crippen molar-refractivity contribution in [3.05, 3.63) is 59.4 Å². The summed E-state index contributed by atoms with van der Waals surface area (Å²) in [5.41, 5.74) is 2.18. The maximum absolute atomic E-state index is 13.4. The zero-order chi connectivity index (χ0) is 25.8. The van der Waals surface area contributed by atoms with Crippen molar-refractivity contribution in [3.8, 4) is 0 Å². The fraction of sp³-hybridized carbons (Fsp3) is 0.464. The van der Waals surface area contributed by atoms with E-state index in [1.807, 2.05) is 21.9 Å². The van der Waals surface area contributed by atoms with Crippen LogP contribution in [0.2, 0.25) is 0 Å². The molecule has 3 fully saturated rings. The molecule has 3 aliphatic rings. The Balaban J connectivity index is 1.36. The van der Waals surface area contributed by atoms with Gasteiger partial charge in [0.05, 0.1) is 11.4 Å². The monoisotopic (exact) mass is 507 g/mol. The minimum atomic E-state index is -0.411. The van der Waals surface area contributed by atoms with Gasteiger partial charge in [0.15, 0.2) is 0 Å². The second kappa shape index (κ2) is 11.3. The Morgan fingerprint density at radius 3 is 2.24 bits per heavy atom. The number of hydrogen-bond donors (Lipinski definition) is 2. The zero-order valence-electron chi connectivity index (χ0n) is 21.0. The number of nitrogens with one attached hydrogen (secondary N) is 2. The number of benzene rings is 2. The molecule has 3 amide bonds. The van der Waals surface area contributed by atoms with Gasteiger partial charge in [-0.3, -0.25) is 14.4 Å². The highest BCUT2D eigenvalue weighted by Gasteiger charge is 2.32. The lowest BCUT2D eigenvalue weighted by Crippen LogP contribution is -2.51. The number of halogens is 1. The third-order valence-electron chi connectivity index (χ3n) is 7.61. The van der Waals surface area contributed by atoms with Crippen LogP contribution in [0.25, 0.3) is 0 Å². The van der Waals surface area contributed by atoms with Crippen molar-refractivity contribution in [1.29, 1.82) is 0 Å². The molecule has 1 aliphatic carbocycles. The van der Waals surface area contributed by atoms with E-state index in [1.165, 1.54) is 24.3 Å². The van der Waals surface area contributed by atoms with Gasteiger partial charge in [0, 0.05) is 62.9 Å². The molecule has 0 bridgehead atoms. The molecule has 0 atom stereocenters. The Morgan fingerprint density at radius 1 is 0.811 bits per heavy atom. The average molecular weight is 508 g/mol. The molecule has 196 valence electrons. The minimum Gasteiger partial charge on any atom is -0.366 e. The number of carbonyl (C=O) groups excluding carboxylic acids is 3. The van der Waals surface area contributed by atoms with E-state index in [9.17, 15) is 18.8 Å². The highest BCUT2D eigenvalue weighted by Crippen LogP contribution is 2.32. The van der Waals surface area contributed by atoms with Gasteiger partial charge in [-0.05, 0) is 68.3 Å². The van der Waals surface area contributed by atoms with Gasteiger partial charge in [0.25, 0.3) is 11.8 Å². The average Bonchev–Trinajstić information content (AvgIpc) is 3.17. The predicted octanol–water partition coefficient (Wildman–Crippen LogP) is 2.96. The van der Waals surface area contributed by atoms with Crippen molar-refractivity contribution >= 4 is 29.1 Å². The highest BCUT2D eigenvalue weighted by molar-refractivity contribution is 6.07. The first-order chi connectivity index (χ1) is 18.0. The van der Waals surface area contributed by atoms with Crippen molar-refractivity contribution < 1.29 is 18.8 Å². The van der Waals surface area contributed by atoms with Gasteiger partial charge in [-0.2, -0.15) is 0 Å². The number of piperazine rings is 1. The fourth-order valence-electron chi connectivity index (χ4n) is 5.15. The van der Waals surface area contributed by atoms with E-state index in [0.717, 1.165) is 44.5 Å². The van der Waals surface area contributed by atoms with E-state index >= 15 is 0 Å². The summed E-state index contributed by atoms with van der Waals surface area (Å²) in [5.74, 6) is -0.418. The van der Waals surface area contributed by atoms with Gasteiger partial charge < -0.3 is 25.3 Å². The first-order valence-corrected chi connectivity index (χ1v) is 13.2. The van der Waals surface area contributed by atoms with Crippen LogP contribution in [0.5, 0.6) is 0 Å². The van der Waals surface area contributed by atoms with Crippen molar-refractivity contribution in [3.63, 3.8) is 0 Å². The standard InChI is InChI=1S/C28H34FN5O3/c29-23-8-5-20(6-9-23)26(35)31-24-19-22(28(37)33-13-2-11-30-12-14-33)7-10-25(24)32-15-17-34(18-16-32)27(36)21-3-1-4-21/h5-10,19,21,30H,1-4,11-18H2,(H,31,35). The van der Waals surface area contributed by atoms with E-state index in [1.54, 1.807) is 6.07 Å². The summed E-state index contributed by atoms with van der Waals surface area (Å²) in [7, 11) is 0. The van der Waals surface area contributed by atoms with E-state index in [-0.39, 0.29) is 23.6 Å². The third-order valence-corrected chi connectivity index (χ3v) is 7.61. The summed E-state index contributed by atoms with van der Waals surface area (Å²) in [6.45, 7) is 5.49. The van der Waals surface area contributed by atoms with E-state index in [4.69, 9.17) is 0 Å². The number of rotatable bonds is 5. The highest BCUT2D eigenvalue weighted by atomic mass is 19.1. The molecule has 0 aromatic heterocycles. The lowest BCUT2D eigenvalue weighted by molar-refractivity contribution is -0.138. The van der Waals surface area contributed by atoms with Gasteiger partial charge in [-0.1, -0.05) is 6.42 Å². The summed E-state index contributed by atoms with van der Waals surface area (Å²) in [6, 6.07) is 10.8. The smallest absolute Gasteiger partial charge is 0.255 e. The number of nitrogens with zero attached hydrogens (tertiary/aromatic N) is 3. The number of amides is 3. The summed E-state index contributed by atoms with van der Waals surface area (Å²) in [5, 5.41) is 6.27. The second-order valence-corrected chi connectivity index (χ2v) is 10.0. The lowest BCUT2D eigenvalue weighted by atomic mass is 9.84. The molecule has 0 radical (unpaired) electrons. The number of hydrogen-bond acceptors (Lipinski definition) is 5. The normalized spacial score (nSPS) is 18.7. The molecular formula is C28H34FN5O3. The first-order valence-electron chi connectivity index (χ1n) is 13.2. The van der Waals surface area contributed by atoms with Gasteiger partial charge in [-0.25, -0.2) is 4.39 Å². The molecule has 2 N–H and O–H groups in total. The topological polar surface area (TPSA) is 85.0 Å².